The molecule has 0 radical (unpaired) electrons. The Hall–Kier alpha value is -3.21. The van der Waals surface area contributed by atoms with E-state index in [0.717, 1.165) is 27.7 Å². The lowest BCUT2D eigenvalue weighted by molar-refractivity contribution is 0.0674. The van der Waals surface area contributed by atoms with E-state index in [4.69, 9.17) is 13.3 Å². The predicted octanol–water partition coefficient (Wildman–Crippen LogP) is 5.39. The second-order valence-corrected chi connectivity index (χ2v) is 6.83. The first-order valence-electron chi connectivity index (χ1n) is 8.87. The predicted molar refractivity (Wildman–Crippen MR) is 101 cm³/mol. The van der Waals surface area contributed by atoms with Crippen molar-refractivity contribution in [3.8, 4) is 0 Å². The van der Waals surface area contributed by atoms with Gasteiger partial charge in [-0.3, -0.25) is 4.79 Å². The van der Waals surface area contributed by atoms with Crippen molar-refractivity contribution in [3.05, 3.63) is 82.9 Å². The number of hydrogen-bond donors (Lipinski definition) is 0. The van der Waals surface area contributed by atoms with Gasteiger partial charge in [0.05, 0.1) is 25.6 Å². The Morgan fingerprint density at radius 1 is 0.963 bits per heavy atom. The Kier molecular flexibility index (Phi) is 4.36. The summed E-state index contributed by atoms with van der Waals surface area (Å²) in [5, 5.41) is 1.000. The molecule has 4 rings (SSSR count). The van der Waals surface area contributed by atoms with Crippen LogP contribution in [0.15, 0.2) is 62.2 Å². The molecule has 0 bridgehead atoms. The molecule has 0 aliphatic rings. The van der Waals surface area contributed by atoms with Crippen LogP contribution in [0.4, 0.5) is 0 Å². The molecule has 0 saturated heterocycles. The fraction of sp³-hybridized carbons (Fsp3) is 0.227. The van der Waals surface area contributed by atoms with Crippen LogP contribution in [0, 0.1) is 20.8 Å². The average molecular weight is 363 g/mol. The third kappa shape index (κ3) is 3.28. The van der Waals surface area contributed by atoms with E-state index in [0.29, 0.717) is 30.4 Å². The van der Waals surface area contributed by atoms with E-state index in [1.165, 1.54) is 0 Å². The molecule has 1 aromatic carbocycles. The van der Waals surface area contributed by atoms with Gasteiger partial charge in [0.1, 0.15) is 17.1 Å². The monoisotopic (exact) mass is 363 g/mol. The molecule has 0 fully saturated rings. The lowest BCUT2D eigenvalue weighted by atomic mass is 10.0. The first-order chi connectivity index (χ1) is 13.0. The van der Waals surface area contributed by atoms with E-state index in [9.17, 15) is 4.79 Å². The lowest BCUT2D eigenvalue weighted by Gasteiger charge is -2.19. The van der Waals surface area contributed by atoms with Gasteiger partial charge in [-0.1, -0.05) is 6.07 Å². The van der Waals surface area contributed by atoms with Crippen LogP contribution < -0.4 is 0 Å². The van der Waals surface area contributed by atoms with Crippen LogP contribution >= 0.6 is 0 Å². The van der Waals surface area contributed by atoms with Gasteiger partial charge in [-0.25, -0.2) is 0 Å². The van der Waals surface area contributed by atoms with Crippen molar-refractivity contribution in [2.24, 2.45) is 0 Å². The Morgan fingerprint density at radius 2 is 1.59 bits per heavy atom. The molecule has 0 N–H and O–H groups in total. The number of furan rings is 3. The summed E-state index contributed by atoms with van der Waals surface area (Å²) < 4.78 is 16.9. The summed E-state index contributed by atoms with van der Waals surface area (Å²) in [6, 6.07) is 11.4. The number of carbonyl (C=O) groups excluding carboxylic acids is 1. The molecule has 4 aromatic rings. The molecular formula is C22H21NO4. The van der Waals surface area contributed by atoms with Gasteiger partial charge in [0.15, 0.2) is 5.76 Å². The van der Waals surface area contributed by atoms with Crippen LogP contribution in [0.3, 0.4) is 0 Å². The molecule has 27 heavy (non-hydrogen) atoms. The highest BCUT2D eigenvalue weighted by Gasteiger charge is 2.25. The van der Waals surface area contributed by atoms with Gasteiger partial charge in [-0.15, -0.1) is 0 Å². The van der Waals surface area contributed by atoms with Crippen LogP contribution in [-0.2, 0) is 13.1 Å². The van der Waals surface area contributed by atoms with Crippen molar-refractivity contribution in [2.75, 3.05) is 0 Å². The van der Waals surface area contributed by atoms with E-state index in [-0.39, 0.29) is 5.91 Å². The van der Waals surface area contributed by atoms with Gasteiger partial charge in [0.2, 0.25) is 0 Å². The molecule has 0 saturated carbocycles. The minimum atomic E-state index is -0.187. The summed E-state index contributed by atoms with van der Waals surface area (Å²) in [5.74, 6) is 1.58. The number of carbonyl (C=O) groups is 1. The molecule has 0 atom stereocenters. The molecule has 3 aromatic heterocycles. The maximum absolute atomic E-state index is 13.3. The number of rotatable bonds is 5. The lowest BCUT2D eigenvalue weighted by Crippen LogP contribution is -2.30. The summed E-state index contributed by atoms with van der Waals surface area (Å²) in [4.78, 5) is 15.0. The Bertz CT molecular complexity index is 1040. The summed E-state index contributed by atoms with van der Waals surface area (Å²) in [7, 11) is 0. The molecule has 0 unspecified atom stereocenters. The van der Waals surface area contributed by atoms with E-state index >= 15 is 0 Å². The zero-order chi connectivity index (χ0) is 19.0. The second kappa shape index (κ2) is 6.83. The number of hydrogen-bond acceptors (Lipinski definition) is 4. The molecular weight excluding hydrogens is 342 g/mol. The van der Waals surface area contributed by atoms with Crippen LogP contribution in [0.5, 0.6) is 0 Å². The van der Waals surface area contributed by atoms with Gasteiger partial charge < -0.3 is 18.2 Å². The fourth-order valence-electron chi connectivity index (χ4n) is 3.52. The van der Waals surface area contributed by atoms with Crippen LogP contribution in [0.25, 0.3) is 11.0 Å². The smallest absolute Gasteiger partial charge is 0.290 e. The number of fused-ring (bicyclic) bond motifs is 1. The minimum Gasteiger partial charge on any atom is -0.467 e. The molecule has 138 valence electrons. The van der Waals surface area contributed by atoms with Gasteiger partial charge >= 0.3 is 0 Å². The summed E-state index contributed by atoms with van der Waals surface area (Å²) in [5.41, 5.74) is 3.81. The largest absolute Gasteiger partial charge is 0.467 e. The normalized spacial score (nSPS) is 11.2. The van der Waals surface area contributed by atoms with Gasteiger partial charge in [-0.2, -0.15) is 0 Å². The third-order valence-corrected chi connectivity index (χ3v) is 4.71. The average Bonchev–Trinajstić information content (AvgIpc) is 3.36. The van der Waals surface area contributed by atoms with Crippen molar-refractivity contribution in [1.29, 1.82) is 0 Å². The highest BCUT2D eigenvalue weighted by molar-refractivity contribution is 6.00. The van der Waals surface area contributed by atoms with Crippen molar-refractivity contribution in [2.45, 2.75) is 33.9 Å². The van der Waals surface area contributed by atoms with Crippen LogP contribution in [0.1, 0.15) is 38.8 Å². The molecule has 0 aliphatic carbocycles. The van der Waals surface area contributed by atoms with Crippen LogP contribution in [-0.4, -0.2) is 10.8 Å². The molecule has 0 spiro atoms. The quantitative estimate of drug-likeness (QED) is 0.477. The van der Waals surface area contributed by atoms with E-state index < -0.39 is 0 Å². The maximum Gasteiger partial charge on any atom is 0.290 e. The zero-order valence-corrected chi connectivity index (χ0v) is 15.6. The van der Waals surface area contributed by atoms with Gasteiger partial charge in [-0.05, 0) is 62.2 Å². The van der Waals surface area contributed by atoms with Gasteiger partial charge in [0.25, 0.3) is 5.91 Å². The number of amides is 1. The molecule has 1 amide bonds. The third-order valence-electron chi connectivity index (χ3n) is 4.71. The zero-order valence-electron chi connectivity index (χ0n) is 15.6. The first-order valence-corrected chi connectivity index (χ1v) is 8.87. The Balaban J connectivity index is 1.73. The highest BCUT2D eigenvalue weighted by Crippen LogP contribution is 2.30. The number of aryl methyl sites for hydroxylation is 3. The molecule has 0 aliphatic heterocycles. The van der Waals surface area contributed by atoms with Gasteiger partial charge in [0, 0.05) is 10.9 Å². The van der Waals surface area contributed by atoms with Crippen molar-refractivity contribution >= 4 is 16.9 Å². The second-order valence-electron chi connectivity index (χ2n) is 6.83. The first kappa shape index (κ1) is 17.2. The standard InChI is InChI=1S/C22H21NO4/c1-14-10-15(2)20-16(3)21(27-19(20)11-14)22(24)23(12-17-6-4-8-25-17)13-18-7-5-9-26-18/h4-11H,12-13H2,1-3H3. The molecule has 3 heterocycles. The molecule has 5 nitrogen and oxygen atoms in total. The summed E-state index contributed by atoms with van der Waals surface area (Å²) in [6.45, 7) is 6.66. The van der Waals surface area contributed by atoms with E-state index in [1.807, 2.05) is 51.1 Å². The number of nitrogens with zero attached hydrogens (tertiary/aromatic N) is 1. The topological polar surface area (TPSA) is 59.7 Å². The Morgan fingerprint density at radius 3 is 2.15 bits per heavy atom. The molecule has 5 heteroatoms. The maximum atomic E-state index is 13.3. The van der Waals surface area contributed by atoms with Crippen LogP contribution in [0.2, 0.25) is 0 Å². The van der Waals surface area contributed by atoms with E-state index in [1.54, 1.807) is 17.4 Å². The highest BCUT2D eigenvalue weighted by atomic mass is 16.4. The Labute approximate surface area is 157 Å². The summed E-state index contributed by atoms with van der Waals surface area (Å²) in [6.07, 6.45) is 3.20. The van der Waals surface area contributed by atoms with E-state index in [2.05, 4.69) is 6.07 Å². The number of benzene rings is 1. The fourth-order valence-corrected chi connectivity index (χ4v) is 3.52. The van der Waals surface area contributed by atoms with Crippen molar-refractivity contribution < 1.29 is 18.0 Å². The van der Waals surface area contributed by atoms with Crippen molar-refractivity contribution in [3.63, 3.8) is 0 Å². The SMILES string of the molecule is Cc1cc(C)c2c(C)c(C(=O)N(Cc3ccco3)Cc3ccco3)oc2c1. The van der Waals surface area contributed by atoms with Crippen molar-refractivity contribution in [1.82, 2.24) is 4.90 Å². The summed E-state index contributed by atoms with van der Waals surface area (Å²) >= 11 is 0. The minimum absolute atomic E-state index is 0.187.